The molecule has 0 heterocycles. The monoisotopic (exact) mass is 158 g/mol. The van der Waals surface area contributed by atoms with Crippen molar-refractivity contribution < 1.29 is 9.53 Å². The Hall–Kier alpha value is -0.700. The Labute approximate surface area is 64.9 Å². The number of methoxy groups -OCH3 is 1. The molecule has 0 radical (unpaired) electrons. The van der Waals surface area contributed by atoms with Crippen LogP contribution in [-0.2, 0) is 9.53 Å². The summed E-state index contributed by atoms with van der Waals surface area (Å²) in [4.78, 5) is 10.4. The number of carbonyl (C=O) groups is 1. The van der Waals surface area contributed by atoms with Crippen LogP contribution in [0.2, 0.25) is 0 Å². The second-order valence-corrected chi connectivity index (χ2v) is 2.19. The van der Waals surface area contributed by atoms with Crippen molar-refractivity contribution in [2.75, 3.05) is 13.4 Å². The number of hydrogen-bond donors (Lipinski definition) is 0. The molecule has 0 saturated heterocycles. The first-order valence-corrected chi connectivity index (χ1v) is 4.04. The molecule has 0 aromatic heterocycles. The topological polar surface area (TPSA) is 26.3 Å². The van der Waals surface area contributed by atoms with Gasteiger partial charge in [0.05, 0.1) is 7.11 Å². The third-order valence-electron chi connectivity index (χ3n) is 0.759. The van der Waals surface area contributed by atoms with Crippen LogP contribution in [0.25, 0.3) is 0 Å². The van der Waals surface area contributed by atoms with Gasteiger partial charge >= 0.3 is 5.97 Å². The summed E-state index contributed by atoms with van der Waals surface area (Å²) < 4.78 is 4.36. The van der Waals surface area contributed by atoms with Crippen LogP contribution in [0, 0.1) is 0 Å². The average Bonchev–Trinajstić information content (AvgIpc) is 1.98. The minimum absolute atomic E-state index is 0.328. The van der Waals surface area contributed by atoms with E-state index in [2.05, 4.69) is 4.74 Å². The van der Waals surface area contributed by atoms with E-state index in [-0.39, 0.29) is 5.97 Å². The number of esters is 1. The van der Waals surface area contributed by atoms with Gasteiger partial charge in [-0.05, 0) is 11.7 Å². The first kappa shape index (κ1) is 9.30. The van der Waals surface area contributed by atoms with Crippen molar-refractivity contribution in [1.29, 1.82) is 0 Å². The predicted octanol–water partition coefficient (Wildman–Crippen LogP) is 1.59. The molecular formula is C7H10O2S. The third kappa shape index (κ3) is 5.44. The number of rotatable bonds is 3. The van der Waals surface area contributed by atoms with Crippen molar-refractivity contribution in [3.05, 3.63) is 23.6 Å². The Kier molecular flexibility index (Phi) is 5.97. The summed E-state index contributed by atoms with van der Waals surface area (Å²) in [5.74, 6) is -0.328. The van der Waals surface area contributed by atoms with E-state index in [1.54, 1.807) is 23.9 Å². The van der Waals surface area contributed by atoms with Crippen molar-refractivity contribution >= 4 is 17.7 Å². The van der Waals surface area contributed by atoms with Gasteiger partial charge in [-0.15, -0.1) is 11.8 Å². The van der Waals surface area contributed by atoms with Gasteiger partial charge in [0, 0.05) is 6.08 Å². The first-order chi connectivity index (χ1) is 4.81. The van der Waals surface area contributed by atoms with Gasteiger partial charge in [0.15, 0.2) is 0 Å². The molecule has 0 saturated carbocycles. The zero-order chi connectivity index (χ0) is 7.82. The molecule has 2 nitrogen and oxygen atoms in total. The molecule has 10 heavy (non-hydrogen) atoms. The fourth-order valence-corrected chi connectivity index (χ4v) is 0.574. The fraction of sp³-hybridized carbons (Fsp3) is 0.286. The summed E-state index contributed by atoms with van der Waals surface area (Å²) in [7, 11) is 1.35. The van der Waals surface area contributed by atoms with Crippen molar-refractivity contribution in [2.45, 2.75) is 0 Å². The van der Waals surface area contributed by atoms with Gasteiger partial charge in [-0.2, -0.15) is 0 Å². The van der Waals surface area contributed by atoms with Gasteiger partial charge in [0.1, 0.15) is 0 Å². The molecule has 0 aromatic rings. The smallest absolute Gasteiger partial charge is 0.330 e. The summed E-state index contributed by atoms with van der Waals surface area (Å²) in [5.41, 5.74) is 0. The number of thioether (sulfide) groups is 1. The minimum Gasteiger partial charge on any atom is -0.466 e. The number of ether oxygens (including phenoxy) is 1. The average molecular weight is 158 g/mol. The molecule has 0 rings (SSSR count). The minimum atomic E-state index is -0.328. The molecule has 0 fully saturated rings. The molecule has 0 bridgehead atoms. The summed E-state index contributed by atoms with van der Waals surface area (Å²) in [5, 5.41) is 1.87. The summed E-state index contributed by atoms with van der Waals surface area (Å²) in [6.07, 6.45) is 6.74. The van der Waals surface area contributed by atoms with Gasteiger partial charge in [0.2, 0.25) is 0 Å². The van der Waals surface area contributed by atoms with Crippen molar-refractivity contribution in [1.82, 2.24) is 0 Å². The Morgan fingerprint density at radius 2 is 2.20 bits per heavy atom. The van der Waals surface area contributed by atoms with Gasteiger partial charge in [-0.25, -0.2) is 4.79 Å². The van der Waals surface area contributed by atoms with Gasteiger partial charge in [-0.1, -0.05) is 12.2 Å². The summed E-state index contributed by atoms with van der Waals surface area (Å²) in [6.45, 7) is 0. The van der Waals surface area contributed by atoms with Crippen molar-refractivity contribution in [3.8, 4) is 0 Å². The first-order valence-electron chi connectivity index (χ1n) is 2.75. The normalized spacial score (nSPS) is 11.0. The van der Waals surface area contributed by atoms with E-state index in [0.717, 1.165) is 0 Å². The van der Waals surface area contributed by atoms with E-state index in [1.807, 2.05) is 11.7 Å². The molecule has 0 unspecified atom stereocenters. The van der Waals surface area contributed by atoms with Crippen molar-refractivity contribution in [3.63, 3.8) is 0 Å². The Morgan fingerprint density at radius 3 is 2.70 bits per heavy atom. The molecule has 0 amide bonds. The quantitative estimate of drug-likeness (QED) is 0.354. The van der Waals surface area contributed by atoms with E-state index in [0.29, 0.717) is 0 Å². The third-order valence-corrected chi connectivity index (χ3v) is 1.19. The van der Waals surface area contributed by atoms with Crippen LogP contribution in [0.5, 0.6) is 0 Å². The zero-order valence-corrected chi connectivity index (χ0v) is 6.85. The number of carbonyl (C=O) groups excluding carboxylic acids is 1. The Bertz CT molecular complexity index is 150. The lowest BCUT2D eigenvalue weighted by Gasteiger charge is -1.85. The molecule has 0 aromatic carbocycles. The van der Waals surface area contributed by atoms with Gasteiger partial charge < -0.3 is 4.74 Å². The van der Waals surface area contributed by atoms with Gasteiger partial charge in [-0.3, -0.25) is 0 Å². The van der Waals surface area contributed by atoms with Crippen LogP contribution in [0.15, 0.2) is 23.6 Å². The summed E-state index contributed by atoms with van der Waals surface area (Å²) >= 11 is 1.58. The molecule has 0 spiro atoms. The highest BCUT2D eigenvalue weighted by molar-refractivity contribution is 8.01. The lowest BCUT2D eigenvalue weighted by molar-refractivity contribution is -0.134. The van der Waals surface area contributed by atoms with Crippen LogP contribution < -0.4 is 0 Å². The van der Waals surface area contributed by atoms with E-state index in [9.17, 15) is 4.79 Å². The van der Waals surface area contributed by atoms with E-state index >= 15 is 0 Å². The highest BCUT2D eigenvalue weighted by atomic mass is 32.2. The van der Waals surface area contributed by atoms with E-state index < -0.39 is 0 Å². The highest BCUT2D eigenvalue weighted by Crippen LogP contribution is 1.92. The maximum absolute atomic E-state index is 10.4. The molecular weight excluding hydrogens is 148 g/mol. The molecule has 56 valence electrons. The van der Waals surface area contributed by atoms with Crippen LogP contribution in [-0.4, -0.2) is 19.3 Å². The van der Waals surface area contributed by atoms with Gasteiger partial charge in [0.25, 0.3) is 0 Å². The molecule has 0 aliphatic heterocycles. The Morgan fingerprint density at radius 1 is 1.50 bits per heavy atom. The molecule has 3 heteroatoms. The summed E-state index contributed by atoms with van der Waals surface area (Å²) in [6, 6.07) is 0. The van der Waals surface area contributed by atoms with Crippen molar-refractivity contribution in [2.24, 2.45) is 0 Å². The molecule has 0 atom stereocenters. The fourth-order valence-electron chi connectivity index (χ4n) is 0.326. The maximum atomic E-state index is 10.4. The molecule has 0 aliphatic carbocycles. The number of hydrogen-bond acceptors (Lipinski definition) is 3. The number of allylic oxidation sites excluding steroid dienone is 2. The zero-order valence-electron chi connectivity index (χ0n) is 6.03. The lowest BCUT2D eigenvalue weighted by Crippen LogP contribution is -1.92. The maximum Gasteiger partial charge on any atom is 0.330 e. The lowest BCUT2D eigenvalue weighted by atomic mass is 10.5. The largest absolute Gasteiger partial charge is 0.466 e. The highest BCUT2D eigenvalue weighted by Gasteiger charge is 1.85. The van der Waals surface area contributed by atoms with E-state index in [4.69, 9.17) is 0 Å². The molecule has 0 aliphatic rings. The van der Waals surface area contributed by atoms with Crippen LogP contribution in [0.4, 0.5) is 0 Å². The van der Waals surface area contributed by atoms with Crippen LogP contribution >= 0.6 is 11.8 Å². The molecule has 0 N–H and O–H groups in total. The standard InChI is InChI=1S/C7H10O2S/c1-9-7(8)5-3-4-6-10-2/h3-6H,1-2H3/b5-3+,6-4+. The van der Waals surface area contributed by atoms with E-state index in [1.165, 1.54) is 13.2 Å². The van der Waals surface area contributed by atoms with Crippen LogP contribution in [0.3, 0.4) is 0 Å². The van der Waals surface area contributed by atoms with Crippen LogP contribution in [0.1, 0.15) is 0 Å². The Balaban J connectivity index is 3.55. The SMILES string of the molecule is COC(=O)/C=C/C=C/SC. The second kappa shape index (κ2) is 6.42. The predicted molar refractivity (Wildman–Crippen MR) is 43.8 cm³/mol. The second-order valence-electron chi connectivity index (χ2n) is 1.45.